The van der Waals surface area contributed by atoms with E-state index >= 15 is 0 Å². The number of aromatic nitrogens is 4. The molecule has 0 aliphatic carbocycles. The minimum atomic E-state index is -0.906. The van der Waals surface area contributed by atoms with Gasteiger partial charge in [0.25, 0.3) is 5.69 Å². The molecule has 0 radical (unpaired) electrons. The van der Waals surface area contributed by atoms with Crippen molar-refractivity contribution in [3.63, 3.8) is 0 Å². The van der Waals surface area contributed by atoms with Gasteiger partial charge in [0.2, 0.25) is 5.95 Å². The zero-order valence-corrected chi connectivity index (χ0v) is 18.5. The van der Waals surface area contributed by atoms with Gasteiger partial charge in [-0.15, -0.1) is 0 Å². The lowest BCUT2D eigenvalue weighted by Gasteiger charge is -2.23. The quantitative estimate of drug-likeness (QED) is 0.306. The molecule has 5 rings (SSSR count). The van der Waals surface area contributed by atoms with Crippen molar-refractivity contribution in [2.24, 2.45) is 5.73 Å². The molecule has 35 heavy (non-hydrogen) atoms. The number of ether oxygens (including phenoxy) is 2. The Morgan fingerprint density at radius 2 is 2.03 bits per heavy atom. The minimum Gasteiger partial charge on any atom is -0.411 e. The SMILES string of the molecule is NC(=O)Oc1ccc(-c2nc(Nc3cccc([N+](=O)[O-])c3)nc3c2ncn3C2CCCCO2)cc1. The third-order valence-corrected chi connectivity index (χ3v) is 5.55. The van der Waals surface area contributed by atoms with Crippen LogP contribution in [-0.2, 0) is 4.74 Å². The molecule has 2 aromatic heterocycles. The summed E-state index contributed by atoms with van der Waals surface area (Å²) in [6, 6.07) is 12.7. The highest BCUT2D eigenvalue weighted by Crippen LogP contribution is 2.32. The van der Waals surface area contributed by atoms with Crippen LogP contribution < -0.4 is 15.8 Å². The maximum Gasteiger partial charge on any atom is 0.409 e. The number of carbonyl (C=O) groups is 1. The first-order valence-corrected chi connectivity index (χ1v) is 10.9. The molecule has 1 aliphatic heterocycles. The minimum absolute atomic E-state index is 0.0537. The molecule has 0 spiro atoms. The number of rotatable bonds is 6. The van der Waals surface area contributed by atoms with Crippen molar-refractivity contribution in [3.05, 3.63) is 65.0 Å². The summed E-state index contributed by atoms with van der Waals surface area (Å²) in [4.78, 5) is 35.6. The maximum absolute atomic E-state index is 11.2. The number of benzene rings is 2. The van der Waals surface area contributed by atoms with E-state index in [2.05, 4.69) is 20.3 Å². The van der Waals surface area contributed by atoms with Gasteiger partial charge in [0.15, 0.2) is 5.65 Å². The average molecular weight is 475 g/mol. The highest BCUT2D eigenvalue weighted by molar-refractivity contribution is 5.89. The lowest BCUT2D eigenvalue weighted by molar-refractivity contribution is -0.384. The molecule has 1 aliphatic rings. The number of non-ortho nitro benzene ring substituents is 1. The molecule has 1 fully saturated rings. The summed E-state index contributed by atoms with van der Waals surface area (Å²) in [6.07, 6.45) is 3.44. The first kappa shape index (κ1) is 22.2. The standard InChI is InChI=1S/C23H21N7O5/c24-22(31)35-17-9-7-14(8-10-17)19-20-21(29(13-25-20)18-6-1-2-11-34-18)28-23(27-19)26-15-4-3-5-16(12-15)30(32)33/h3-5,7-10,12-13,18H,1-2,6,11H2,(H2,24,31)(H,26,27,28). The lowest BCUT2D eigenvalue weighted by Crippen LogP contribution is -2.18. The molecule has 1 unspecified atom stereocenters. The van der Waals surface area contributed by atoms with Crippen LogP contribution in [0.15, 0.2) is 54.9 Å². The topological polar surface area (TPSA) is 160 Å². The molecule has 1 atom stereocenters. The Morgan fingerprint density at radius 1 is 1.20 bits per heavy atom. The number of nitrogens with zero attached hydrogens (tertiary/aromatic N) is 5. The summed E-state index contributed by atoms with van der Waals surface area (Å²) >= 11 is 0. The van der Waals surface area contributed by atoms with E-state index in [1.165, 1.54) is 12.1 Å². The van der Waals surface area contributed by atoms with Gasteiger partial charge < -0.3 is 20.5 Å². The Balaban J connectivity index is 1.59. The van der Waals surface area contributed by atoms with Crippen LogP contribution in [0.3, 0.4) is 0 Å². The van der Waals surface area contributed by atoms with Gasteiger partial charge in [0.05, 0.1) is 11.3 Å². The second kappa shape index (κ2) is 9.35. The van der Waals surface area contributed by atoms with E-state index < -0.39 is 11.0 Å². The number of nitro benzene ring substituents is 1. The first-order chi connectivity index (χ1) is 17.0. The Bertz CT molecular complexity index is 1400. The highest BCUT2D eigenvalue weighted by Gasteiger charge is 2.22. The second-order valence-electron chi connectivity index (χ2n) is 7.92. The number of nitrogens with two attached hydrogens (primary N) is 1. The van der Waals surface area contributed by atoms with Gasteiger partial charge in [-0.05, 0) is 49.6 Å². The predicted molar refractivity (Wildman–Crippen MR) is 126 cm³/mol. The molecule has 1 amide bonds. The van der Waals surface area contributed by atoms with Gasteiger partial charge in [-0.1, -0.05) is 6.07 Å². The van der Waals surface area contributed by atoms with E-state index in [4.69, 9.17) is 15.2 Å². The Labute approximate surface area is 198 Å². The predicted octanol–water partition coefficient (Wildman–Crippen LogP) is 4.30. The lowest BCUT2D eigenvalue weighted by atomic mass is 10.1. The number of carbonyl (C=O) groups excluding carboxylic acids is 1. The summed E-state index contributed by atoms with van der Waals surface area (Å²) in [5, 5.41) is 14.2. The molecule has 12 nitrogen and oxygen atoms in total. The number of fused-ring (bicyclic) bond motifs is 1. The summed E-state index contributed by atoms with van der Waals surface area (Å²) in [6.45, 7) is 0.655. The monoisotopic (exact) mass is 475 g/mol. The van der Waals surface area contributed by atoms with Crippen LogP contribution in [0.5, 0.6) is 5.75 Å². The van der Waals surface area contributed by atoms with Crippen molar-refractivity contribution < 1.29 is 19.2 Å². The van der Waals surface area contributed by atoms with Crippen LogP contribution in [0.2, 0.25) is 0 Å². The molecule has 4 aromatic rings. The zero-order chi connectivity index (χ0) is 24.4. The Morgan fingerprint density at radius 3 is 2.74 bits per heavy atom. The van der Waals surface area contributed by atoms with E-state index in [0.717, 1.165) is 19.3 Å². The van der Waals surface area contributed by atoms with Gasteiger partial charge in [-0.3, -0.25) is 14.7 Å². The largest absolute Gasteiger partial charge is 0.411 e. The molecular formula is C23H21N7O5. The van der Waals surface area contributed by atoms with Crippen LogP contribution in [0.1, 0.15) is 25.5 Å². The number of nitro groups is 1. The highest BCUT2D eigenvalue weighted by atomic mass is 16.6. The molecule has 1 saturated heterocycles. The number of hydrogen-bond acceptors (Lipinski definition) is 9. The number of primary amides is 1. The molecule has 3 heterocycles. The maximum atomic E-state index is 11.2. The molecule has 178 valence electrons. The van der Waals surface area contributed by atoms with E-state index in [0.29, 0.717) is 40.5 Å². The first-order valence-electron chi connectivity index (χ1n) is 10.9. The number of nitrogens with one attached hydrogen (secondary N) is 1. The fourth-order valence-corrected chi connectivity index (χ4v) is 3.95. The van der Waals surface area contributed by atoms with E-state index in [1.54, 1.807) is 42.7 Å². The van der Waals surface area contributed by atoms with Crippen molar-refractivity contribution in [2.45, 2.75) is 25.5 Å². The summed E-state index contributed by atoms with van der Waals surface area (Å²) in [5.41, 5.74) is 7.86. The van der Waals surface area contributed by atoms with Crippen molar-refractivity contribution in [2.75, 3.05) is 11.9 Å². The van der Waals surface area contributed by atoms with E-state index in [1.807, 2.05) is 4.57 Å². The third kappa shape index (κ3) is 4.73. The fourth-order valence-electron chi connectivity index (χ4n) is 3.95. The molecule has 3 N–H and O–H groups in total. The zero-order valence-electron chi connectivity index (χ0n) is 18.5. The number of anilines is 2. The van der Waals surface area contributed by atoms with Crippen LogP contribution in [0.25, 0.3) is 22.4 Å². The molecule has 0 bridgehead atoms. The molecule has 12 heteroatoms. The van der Waals surface area contributed by atoms with Crippen LogP contribution in [-0.4, -0.2) is 37.1 Å². The number of imidazole rings is 1. The molecular weight excluding hydrogens is 454 g/mol. The van der Waals surface area contributed by atoms with Gasteiger partial charge >= 0.3 is 6.09 Å². The summed E-state index contributed by atoms with van der Waals surface area (Å²) < 4.78 is 12.7. The van der Waals surface area contributed by atoms with Gasteiger partial charge in [0, 0.05) is 30.0 Å². The fraction of sp³-hybridized carbons (Fsp3) is 0.217. The van der Waals surface area contributed by atoms with Crippen LogP contribution in [0, 0.1) is 10.1 Å². The molecule has 2 aromatic carbocycles. The second-order valence-corrected chi connectivity index (χ2v) is 7.92. The van der Waals surface area contributed by atoms with Gasteiger partial charge in [-0.2, -0.15) is 4.98 Å². The average Bonchev–Trinajstić information content (AvgIpc) is 3.28. The van der Waals surface area contributed by atoms with Crippen molar-refractivity contribution >= 4 is 34.6 Å². The van der Waals surface area contributed by atoms with Crippen molar-refractivity contribution in [1.29, 1.82) is 0 Å². The van der Waals surface area contributed by atoms with E-state index in [-0.39, 0.29) is 17.9 Å². The molecule has 0 saturated carbocycles. The smallest absolute Gasteiger partial charge is 0.409 e. The van der Waals surface area contributed by atoms with E-state index in [9.17, 15) is 14.9 Å². The normalized spacial score (nSPS) is 15.6. The van der Waals surface area contributed by atoms with Crippen LogP contribution >= 0.6 is 0 Å². The summed E-state index contributed by atoms with van der Waals surface area (Å²) in [5.74, 6) is 0.533. The van der Waals surface area contributed by atoms with Crippen molar-refractivity contribution in [3.8, 4) is 17.0 Å². The number of hydrogen-bond donors (Lipinski definition) is 2. The van der Waals surface area contributed by atoms with Crippen LogP contribution in [0.4, 0.5) is 22.1 Å². The Hall–Kier alpha value is -4.58. The Kier molecular flexibility index (Phi) is 5.94. The third-order valence-electron chi connectivity index (χ3n) is 5.55. The number of amides is 1. The van der Waals surface area contributed by atoms with Gasteiger partial charge in [0.1, 0.15) is 23.2 Å². The van der Waals surface area contributed by atoms with Crippen molar-refractivity contribution in [1.82, 2.24) is 19.5 Å². The summed E-state index contributed by atoms with van der Waals surface area (Å²) in [7, 11) is 0. The van der Waals surface area contributed by atoms with Gasteiger partial charge in [-0.25, -0.2) is 14.8 Å².